The van der Waals surface area contributed by atoms with Gasteiger partial charge in [0.15, 0.2) is 0 Å². The quantitative estimate of drug-likeness (QED) is 0.806. The molecular formula is C13H18ClN. The monoisotopic (exact) mass is 223 g/mol. The first-order valence-electron chi connectivity index (χ1n) is 5.72. The lowest BCUT2D eigenvalue weighted by molar-refractivity contribution is 0.250. The molecule has 1 N–H and O–H groups in total. The van der Waals surface area contributed by atoms with Crippen LogP contribution in [0.5, 0.6) is 0 Å². The van der Waals surface area contributed by atoms with Gasteiger partial charge < -0.3 is 5.32 Å². The van der Waals surface area contributed by atoms with Crippen LogP contribution in [0.2, 0.25) is 5.02 Å². The van der Waals surface area contributed by atoms with Crippen LogP contribution in [0.4, 0.5) is 0 Å². The van der Waals surface area contributed by atoms with Crippen molar-refractivity contribution in [3.8, 4) is 0 Å². The smallest absolute Gasteiger partial charge is 0.0456 e. The van der Waals surface area contributed by atoms with Gasteiger partial charge in [-0.2, -0.15) is 0 Å². The van der Waals surface area contributed by atoms with Gasteiger partial charge in [0.05, 0.1) is 0 Å². The van der Waals surface area contributed by atoms with E-state index < -0.39 is 0 Å². The Hall–Kier alpha value is -0.530. The molecule has 1 aromatic rings. The van der Waals surface area contributed by atoms with Crippen molar-refractivity contribution >= 4 is 11.6 Å². The molecule has 0 aliphatic heterocycles. The summed E-state index contributed by atoms with van der Waals surface area (Å²) in [6.07, 6.45) is 6.35. The minimum Gasteiger partial charge on any atom is -0.310 e. The van der Waals surface area contributed by atoms with Gasteiger partial charge in [0.1, 0.15) is 0 Å². The predicted molar refractivity (Wildman–Crippen MR) is 65.3 cm³/mol. The van der Waals surface area contributed by atoms with Crippen LogP contribution in [0.25, 0.3) is 0 Å². The molecule has 0 atom stereocenters. The molecule has 1 fully saturated rings. The summed E-state index contributed by atoms with van der Waals surface area (Å²) in [4.78, 5) is 0. The zero-order valence-electron chi connectivity index (χ0n) is 9.22. The number of benzene rings is 1. The van der Waals surface area contributed by atoms with Crippen molar-refractivity contribution in [1.82, 2.24) is 5.32 Å². The van der Waals surface area contributed by atoms with E-state index in [-0.39, 0.29) is 5.54 Å². The maximum Gasteiger partial charge on any atom is 0.0456 e. The van der Waals surface area contributed by atoms with Crippen LogP contribution >= 0.6 is 11.6 Å². The van der Waals surface area contributed by atoms with Crippen LogP contribution in [0.1, 0.15) is 37.7 Å². The molecule has 1 aromatic carbocycles. The van der Waals surface area contributed by atoms with E-state index >= 15 is 0 Å². The van der Waals surface area contributed by atoms with Gasteiger partial charge in [0.25, 0.3) is 0 Å². The molecule has 0 radical (unpaired) electrons. The first-order valence-corrected chi connectivity index (χ1v) is 6.10. The van der Waals surface area contributed by atoms with Crippen LogP contribution in [-0.4, -0.2) is 7.05 Å². The van der Waals surface area contributed by atoms with E-state index in [0.29, 0.717) is 0 Å². The molecule has 0 amide bonds. The lowest BCUT2D eigenvalue weighted by Crippen LogP contribution is -2.41. The third-order valence-corrected chi connectivity index (χ3v) is 3.90. The van der Waals surface area contributed by atoms with Crippen molar-refractivity contribution in [2.45, 2.75) is 37.6 Å². The number of rotatable bonds is 2. The summed E-state index contributed by atoms with van der Waals surface area (Å²) < 4.78 is 0. The van der Waals surface area contributed by atoms with Crippen LogP contribution < -0.4 is 5.32 Å². The fourth-order valence-electron chi connectivity index (χ4n) is 2.66. The summed E-state index contributed by atoms with van der Waals surface area (Å²) in [7, 11) is 2.05. The molecule has 1 nitrogen and oxygen atoms in total. The predicted octanol–water partition coefficient (Wildman–Crippen LogP) is 3.72. The van der Waals surface area contributed by atoms with Crippen molar-refractivity contribution in [2.75, 3.05) is 7.05 Å². The number of halogens is 1. The maximum atomic E-state index is 6.29. The van der Waals surface area contributed by atoms with Gasteiger partial charge in [0.2, 0.25) is 0 Å². The van der Waals surface area contributed by atoms with E-state index in [1.54, 1.807) is 0 Å². The van der Waals surface area contributed by atoms with E-state index in [1.807, 2.05) is 12.1 Å². The molecule has 2 rings (SSSR count). The molecule has 0 unspecified atom stereocenters. The second-order valence-electron chi connectivity index (χ2n) is 4.37. The molecule has 0 bridgehead atoms. The third kappa shape index (κ3) is 2.04. The molecule has 1 aliphatic carbocycles. The summed E-state index contributed by atoms with van der Waals surface area (Å²) in [6, 6.07) is 8.22. The molecular weight excluding hydrogens is 206 g/mol. The van der Waals surface area contributed by atoms with Gasteiger partial charge in [-0.1, -0.05) is 49.1 Å². The molecule has 2 heteroatoms. The van der Waals surface area contributed by atoms with Crippen molar-refractivity contribution in [2.24, 2.45) is 0 Å². The fraction of sp³-hybridized carbons (Fsp3) is 0.538. The van der Waals surface area contributed by atoms with E-state index in [2.05, 4.69) is 24.5 Å². The summed E-state index contributed by atoms with van der Waals surface area (Å²) in [5, 5.41) is 4.39. The zero-order valence-corrected chi connectivity index (χ0v) is 9.98. The summed E-state index contributed by atoms with van der Waals surface area (Å²) >= 11 is 6.29. The number of hydrogen-bond donors (Lipinski definition) is 1. The molecule has 0 saturated heterocycles. The molecule has 0 aromatic heterocycles. The van der Waals surface area contributed by atoms with Gasteiger partial charge in [-0.3, -0.25) is 0 Å². The van der Waals surface area contributed by atoms with E-state index in [1.165, 1.54) is 37.7 Å². The standard InChI is InChI=1S/C13H18ClN/c1-15-13(9-5-2-6-10-13)11-7-3-4-8-12(11)14/h3-4,7-8,15H,2,5-6,9-10H2,1H3. The average Bonchev–Trinajstić information content (AvgIpc) is 2.30. The molecule has 82 valence electrons. The van der Waals surface area contributed by atoms with Gasteiger partial charge >= 0.3 is 0 Å². The molecule has 1 aliphatic rings. The second kappa shape index (κ2) is 4.54. The average molecular weight is 224 g/mol. The lowest BCUT2D eigenvalue weighted by Gasteiger charge is -2.38. The van der Waals surface area contributed by atoms with Crippen molar-refractivity contribution in [3.63, 3.8) is 0 Å². The Labute approximate surface area is 96.8 Å². The van der Waals surface area contributed by atoms with E-state index in [4.69, 9.17) is 11.6 Å². The SMILES string of the molecule is CNC1(c2ccccc2Cl)CCCCC1. The number of nitrogens with one attached hydrogen (secondary N) is 1. The Bertz CT molecular complexity index is 329. The molecule has 0 spiro atoms. The highest BCUT2D eigenvalue weighted by atomic mass is 35.5. The normalized spacial score (nSPS) is 20.1. The highest BCUT2D eigenvalue weighted by Crippen LogP contribution is 2.39. The van der Waals surface area contributed by atoms with Gasteiger partial charge in [0, 0.05) is 10.6 Å². The lowest BCUT2D eigenvalue weighted by atomic mass is 9.77. The largest absolute Gasteiger partial charge is 0.310 e. The zero-order chi connectivity index (χ0) is 10.7. The minimum atomic E-state index is 0.122. The summed E-state index contributed by atoms with van der Waals surface area (Å²) in [5.74, 6) is 0. The van der Waals surface area contributed by atoms with Crippen molar-refractivity contribution in [1.29, 1.82) is 0 Å². The topological polar surface area (TPSA) is 12.0 Å². The third-order valence-electron chi connectivity index (χ3n) is 3.58. The van der Waals surface area contributed by atoms with Crippen LogP contribution in [0, 0.1) is 0 Å². The maximum absolute atomic E-state index is 6.29. The van der Waals surface area contributed by atoms with E-state index in [9.17, 15) is 0 Å². The Morgan fingerprint density at radius 2 is 1.80 bits per heavy atom. The first kappa shape index (κ1) is 11.0. The molecule has 0 heterocycles. The highest BCUT2D eigenvalue weighted by molar-refractivity contribution is 6.31. The Morgan fingerprint density at radius 3 is 2.40 bits per heavy atom. The Balaban J connectivity index is 2.36. The second-order valence-corrected chi connectivity index (χ2v) is 4.78. The highest BCUT2D eigenvalue weighted by Gasteiger charge is 2.33. The van der Waals surface area contributed by atoms with Crippen molar-refractivity contribution < 1.29 is 0 Å². The minimum absolute atomic E-state index is 0.122. The van der Waals surface area contributed by atoms with Crippen molar-refractivity contribution in [3.05, 3.63) is 34.9 Å². The van der Waals surface area contributed by atoms with Crippen LogP contribution in [-0.2, 0) is 5.54 Å². The Kier molecular flexibility index (Phi) is 3.32. The molecule has 1 saturated carbocycles. The van der Waals surface area contributed by atoms with E-state index in [0.717, 1.165) is 5.02 Å². The van der Waals surface area contributed by atoms with Gasteiger partial charge in [-0.15, -0.1) is 0 Å². The number of hydrogen-bond acceptors (Lipinski definition) is 1. The summed E-state index contributed by atoms with van der Waals surface area (Å²) in [5.41, 5.74) is 1.39. The molecule has 15 heavy (non-hydrogen) atoms. The first-order chi connectivity index (χ1) is 7.28. The van der Waals surface area contributed by atoms with Gasteiger partial charge in [-0.05, 0) is 31.5 Å². The van der Waals surface area contributed by atoms with Gasteiger partial charge in [-0.25, -0.2) is 0 Å². The van der Waals surface area contributed by atoms with Crippen LogP contribution in [0.3, 0.4) is 0 Å². The fourth-order valence-corrected chi connectivity index (χ4v) is 2.98. The Morgan fingerprint density at radius 1 is 1.13 bits per heavy atom. The summed E-state index contributed by atoms with van der Waals surface area (Å²) in [6.45, 7) is 0. The van der Waals surface area contributed by atoms with Crippen LogP contribution in [0.15, 0.2) is 24.3 Å².